The number of nitrogens with one attached hydrogen (secondary N) is 3. The fourth-order valence-electron chi connectivity index (χ4n) is 1.61. The van der Waals surface area contributed by atoms with Gasteiger partial charge in [-0.15, -0.1) is 0 Å². The van der Waals surface area contributed by atoms with Crippen LogP contribution in [0.4, 0.5) is 5.82 Å². The molecular formula is C13H18N6O. The summed E-state index contributed by atoms with van der Waals surface area (Å²) < 4.78 is 0. The summed E-state index contributed by atoms with van der Waals surface area (Å²) in [6.45, 7) is 3.44. The molecule has 0 bridgehead atoms. The van der Waals surface area contributed by atoms with Crippen LogP contribution in [0.5, 0.6) is 0 Å². The Morgan fingerprint density at radius 1 is 1.25 bits per heavy atom. The lowest BCUT2D eigenvalue weighted by molar-refractivity contribution is 0.0948. The molecule has 7 heteroatoms. The van der Waals surface area contributed by atoms with Gasteiger partial charge in [0.25, 0.3) is 5.91 Å². The van der Waals surface area contributed by atoms with E-state index in [-0.39, 0.29) is 5.91 Å². The van der Waals surface area contributed by atoms with E-state index in [4.69, 9.17) is 0 Å². The first-order chi connectivity index (χ1) is 9.79. The Kier molecular flexibility index (Phi) is 5.05. The van der Waals surface area contributed by atoms with Crippen molar-refractivity contribution in [2.24, 2.45) is 0 Å². The number of aromatic nitrogens is 4. The smallest absolute Gasteiger partial charge is 0.271 e. The third-order valence-electron chi connectivity index (χ3n) is 2.68. The minimum Gasteiger partial charge on any atom is -0.369 e. The predicted molar refractivity (Wildman–Crippen MR) is 75.4 cm³/mol. The maximum atomic E-state index is 11.8. The second-order valence-corrected chi connectivity index (χ2v) is 4.30. The van der Waals surface area contributed by atoms with Crippen molar-refractivity contribution in [2.75, 3.05) is 18.4 Å². The van der Waals surface area contributed by atoms with Crippen molar-refractivity contribution in [3.8, 4) is 0 Å². The van der Waals surface area contributed by atoms with E-state index in [0.717, 1.165) is 18.7 Å². The zero-order chi connectivity index (χ0) is 14.2. The molecule has 0 aromatic carbocycles. The molecule has 0 aliphatic heterocycles. The zero-order valence-corrected chi connectivity index (χ0v) is 11.4. The number of hydrogen-bond acceptors (Lipinski definition) is 5. The van der Waals surface area contributed by atoms with Gasteiger partial charge in [0.15, 0.2) is 0 Å². The summed E-state index contributed by atoms with van der Waals surface area (Å²) in [4.78, 5) is 27.0. The van der Waals surface area contributed by atoms with E-state index in [0.29, 0.717) is 24.5 Å². The lowest BCUT2D eigenvalue weighted by Gasteiger charge is -2.05. The van der Waals surface area contributed by atoms with Crippen LogP contribution in [0.25, 0.3) is 0 Å². The Bertz CT molecular complexity index is 522. The minimum absolute atomic E-state index is 0.223. The Morgan fingerprint density at radius 3 is 2.80 bits per heavy atom. The number of hydrogen-bond donors (Lipinski definition) is 3. The van der Waals surface area contributed by atoms with E-state index in [1.54, 1.807) is 18.7 Å². The lowest BCUT2D eigenvalue weighted by atomic mass is 10.3. The molecule has 2 heterocycles. The second-order valence-electron chi connectivity index (χ2n) is 4.30. The first-order valence-electron chi connectivity index (χ1n) is 6.61. The molecule has 3 N–H and O–H groups in total. The van der Waals surface area contributed by atoms with E-state index in [2.05, 4.69) is 37.5 Å². The zero-order valence-electron chi connectivity index (χ0n) is 11.4. The van der Waals surface area contributed by atoms with Crippen molar-refractivity contribution >= 4 is 11.7 Å². The highest BCUT2D eigenvalue weighted by molar-refractivity contribution is 5.91. The van der Waals surface area contributed by atoms with Gasteiger partial charge in [-0.05, 0) is 6.42 Å². The molecule has 2 rings (SSSR count). The van der Waals surface area contributed by atoms with Gasteiger partial charge in [0.05, 0.1) is 18.7 Å². The van der Waals surface area contributed by atoms with Gasteiger partial charge in [0.2, 0.25) is 0 Å². The standard InChI is InChI=1S/C13H18N6O/c1-2-4-15-12-8-17-11(7-18-12)13(20)16-5-3-10-6-14-9-19-10/h6-9H,2-5H2,1H3,(H,14,19)(H,15,18)(H,16,20). The molecule has 7 nitrogen and oxygen atoms in total. The largest absolute Gasteiger partial charge is 0.369 e. The van der Waals surface area contributed by atoms with Crippen LogP contribution in [0.2, 0.25) is 0 Å². The van der Waals surface area contributed by atoms with E-state index >= 15 is 0 Å². The van der Waals surface area contributed by atoms with E-state index in [1.807, 2.05) is 0 Å². The van der Waals surface area contributed by atoms with Gasteiger partial charge in [-0.25, -0.2) is 15.0 Å². The van der Waals surface area contributed by atoms with E-state index in [1.165, 1.54) is 6.20 Å². The van der Waals surface area contributed by atoms with Crippen LogP contribution in [-0.2, 0) is 6.42 Å². The molecule has 1 amide bonds. The van der Waals surface area contributed by atoms with Crippen molar-refractivity contribution in [1.29, 1.82) is 0 Å². The maximum absolute atomic E-state index is 11.8. The van der Waals surface area contributed by atoms with Crippen molar-refractivity contribution in [3.05, 3.63) is 36.3 Å². The summed E-state index contributed by atoms with van der Waals surface area (Å²) in [5, 5.41) is 5.90. The topological polar surface area (TPSA) is 95.6 Å². The van der Waals surface area contributed by atoms with Crippen molar-refractivity contribution in [1.82, 2.24) is 25.3 Å². The molecule has 0 saturated heterocycles. The summed E-state index contributed by atoms with van der Waals surface area (Å²) in [5.41, 5.74) is 1.30. The molecule has 0 fully saturated rings. The minimum atomic E-state index is -0.223. The van der Waals surface area contributed by atoms with Gasteiger partial charge in [-0.2, -0.15) is 0 Å². The summed E-state index contributed by atoms with van der Waals surface area (Å²) >= 11 is 0. The summed E-state index contributed by atoms with van der Waals surface area (Å²) in [6, 6.07) is 0. The molecule has 0 unspecified atom stereocenters. The molecule has 0 saturated carbocycles. The van der Waals surface area contributed by atoms with Gasteiger partial charge >= 0.3 is 0 Å². The van der Waals surface area contributed by atoms with Gasteiger partial charge in [-0.3, -0.25) is 4.79 Å². The first-order valence-corrected chi connectivity index (χ1v) is 6.61. The number of aromatic amines is 1. The van der Waals surface area contributed by atoms with Crippen molar-refractivity contribution in [3.63, 3.8) is 0 Å². The maximum Gasteiger partial charge on any atom is 0.271 e. The molecule has 0 atom stereocenters. The van der Waals surface area contributed by atoms with Gasteiger partial charge in [-0.1, -0.05) is 6.92 Å². The number of imidazole rings is 1. The molecule has 106 valence electrons. The number of carbonyl (C=O) groups is 1. The number of amides is 1. The summed E-state index contributed by atoms with van der Waals surface area (Å²) in [7, 11) is 0. The van der Waals surface area contributed by atoms with Crippen LogP contribution < -0.4 is 10.6 Å². The van der Waals surface area contributed by atoms with Crippen LogP contribution in [-0.4, -0.2) is 38.9 Å². The predicted octanol–water partition coefficient (Wildman–Crippen LogP) is 0.994. The molecule has 2 aromatic heterocycles. The van der Waals surface area contributed by atoms with E-state index < -0.39 is 0 Å². The highest BCUT2D eigenvalue weighted by Crippen LogP contribution is 2.01. The quantitative estimate of drug-likeness (QED) is 0.700. The average Bonchev–Trinajstić information content (AvgIpc) is 2.99. The molecule has 0 radical (unpaired) electrons. The molecule has 20 heavy (non-hydrogen) atoms. The van der Waals surface area contributed by atoms with Gasteiger partial charge in [0, 0.05) is 31.4 Å². The fraction of sp³-hybridized carbons (Fsp3) is 0.385. The van der Waals surface area contributed by atoms with Crippen molar-refractivity contribution < 1.29 is 4.79 Å². The molecule has 2 aromatic rings. The second kappa shape index (κ2) is 7.22. The number of rotatable bonds is 7. The highest BCUT2D eigenvalue weighted by Gasteiger charge is 2.07. The Balaban J connectivity index is 1.79. The van der Waals surface area contributed by atoms with Gasteiger partial charge in [0.1, 0.15) is 11.5 Å². The number of H-pyrrole nitrogens is 1. The molecular weight excluding hydrogens is 256 g/mol. The number of nitrogens with zero attached hydrogens (tertiary/aromatic N) is 3. The average molecular weight is 274 g/mol. The normalized spacial score (nSPS) is 10.2. The van der Waals surface area contributed by atoms with Crippen LogP contribution in [0.1, 0.15) is 29.5 Å². The monoisotopic (exact) mass is 274 g/mol. The van der Waals surface area contributed by atoms with Crippen LogP contribution in [0.15, 0.2) is 24.9 Å². The Morgan fingerprint density at radius 2 is 2.15 bits per heavy atom. The SMILES string of the molecule is CCCNc1cnc(C(=O)NCCc2cnc[nH]2)cn1. The third kappa shape index (κ3) is 4.04. The molecule has 0 aliphatic carbocycles. The van der Waals surface area contributed by atoms with Crippen LogP contribution in [0.3, 0.4) is 0 Å². The Labute approximate surface area is 117 Å². The lowest BCUT2D eigenvalue weighted by Crippen LogP contribution is -2.26. The van der Waals surface area contributed by atoms with Crippen LogP contribution >= 0.6 is 0 Å². The fourth-order valence-corrected chi connectivity index (χ4v) is 1.61. The van der Waals surface area contributed by atoms with Gasteiger partial charge < -0.3 is 15.6 Å². The first kappa shape index (κ1) is 14.0. The molecule has 0 spiro atoms. The van der Waals surface area contributed by atoms with E-state index in [9.17, 15) is 4.79 Å². The summed E-state index contributed by atoms with van der Waals surface area (Å²) in [6.07, 6.45) is 8.11. The van der Waals surface area contributed by atoms with Crippen LogP contribution in [0, 0.1) is 0 Å². The summed E-state index contributed by atoms with van der Waals surface area (Å²) in [5.74, 6) is 0.458. The Hall–Kier alpha value is -2.44. The highest BCUT2D eigenvalue weighted by atomic mass is 16.1. The molecule has 0 aliphatic rings. The number of anilines is 1. The van der Waals surface area contributed by atoms with Crippen molar-refractivity contribution in [2.45, 2.75) is 19.8 Å². The third-order valence-corrected chi connectivity index (χ3v) is 2.68. The number of carbonyl (C=O) groups excluding carboxylic acids is 1.